The average Bonchev–Trinajstić information content (AvgIpc) is 1.77. The van der Waals surface area contributed by atoms with Gasteiger partial charge in [0.1, 0.15) is 0 Å². The Morgan fingerprint density at radius 1 is 1.75 bits per heavy atom. The molecular weight excluding hydrogens is 122 g/mol. The van der Waals surface area contributed by atoms with Crippen molar-refractivity contribution < 1.29 is 0 Å². The molecule has 0 amide bonds. The normalized spacial score (nSPS) is 29.8. The quantitative estimate of drug-likeness (QED) is 0.531. The molecular formula is C6H10ClN. The van der Waals surface area contributed by atoms with Gasteiger partial charge in [0.05, 0.1) is 0 Å². The zero-order valence-corrected chi connectivity index (χ0v) is 5.49. The maximum Gasteiger partial charge on any atom is 0.0142 e. The Hall–Kier alpha value is -0.0100. The SMILES string of the molecule is N[C@H]1CC=C(Cl)CC1. The molecule has 1 atom stereocenters. The molecule has 1 rings (SSSR count). The Labute approximate surface area is 54.5 Å². The van der Waals surface area contributed by atoms with Crippen LogP contribution in [0.4, 0.5) is 0 Å². The van der Waals surface area contributed by atoms with Gasteiger partial charge in [-0.25, -0.2) is 0 Å². The van der Waals surface area contributed by atoms with Crippen LogP contribution < -0.4 is 5.73 Å². The van der Waals surface area contributed by atoms with Crippen molar-refractivity contribution in [1.82, 2.24) is 0 Å². The molecule has 0 unspecified atom stereocenters. The second-order valence-electron chi connectivity index (χ2n) is 2.19. The number of nitrogens with two attached hydrogens (primary N) is 1. The lowest BCUT2D eigenvalue weighted by molar-refractivity contribution is 0.601. The molecule has 46 valence electrons. The van der Waals surface area contributed by atoms with Gasteiger partial charge in [-0.1, -0.05) is 17.7 Å². The minimum Gasteiger partial charge on any atom is -0.327 e. The molecule has 0 saturated heterocycles. The standard InChI is InChI=1S/C6H10ClN/c7-5-1-3-6(8)4-2-5/h1,6H,2-4,8H2/t6-/m0/s1. The lowest BCUT2D eigenvalue weighted by atomic mass is 10.0. The number of rotatable bonds is 0. The van der Waals surface area contributed by atoms with Gasteiger partial charge >= 0.3 is 0 Å². The number of hydrogen-bond acceptors (Lipinski definition) is 1. The van der Waals surface area contributed by atoms with Gasteiger partial charge in [-0.15, -0.1) is 0 Å². The van der Waals surface area contributed by atoms with E-state index >= 15 is 0 Å². The molecule has 0 bridgehead atoms. The summed E-state index contributed by atoms with van der Waals surface area (Å²) in [6.45, 7) is 0. The van der Waals surface area contributed by atoms with Crippen LogP contribution in [0.15, 0.2) is 11.1 Å². The van der Waals surface area contributed by atoms with Crippen LogP contribution in [-0.2, 0) is 0 Å². The predicted molar refractivity (Wildman–Crippen MR) is 35.8 cm³/mol. The number of halogens is 1. The van der Waals surface area contributed by atoms with Gasteiger partial charge in [-0.2, -0.15) is 0 Å². The summed E-state index contributed by atoms with van der Waals surface area (Å²) < 4.78 is 0. The number of allylic oxidation sites excluding steroid dienone is 1. The first-order valence-corrected chi connectivity index (χ1v) is 3.27. The monoisotopic (exact) mass is 131 g/mol. The van der Waals surface area contributed by atoms with Gasteiger partial charge in [-0.3, -0.25) is 0 Å². The predicted octanol–water partition coefficient (Wildman–Crippen LogP) is 1.62. The molecule has 8 heavy (non-hydrogen) atoms. The van der Waals surface area contributed by atoms with E-state index in [0.717, 1.165) is 24.3 Å². The maximum atomic E-state index is 5.69. The molecule has 2 N–H and O–H groups in total. The Balaban J connectivity index is 2.42. The van der Waals surface area contributed by atoms with Gasteiger partial charge in [-0.05, 0) is 19.3 Å². The van der Waals surface area contributed by atoms with Crippen molar-refractivity contribution in [1.29, 1.82) is 0 Å². The molecule has 1 nitrogen and oxygen atoms in total. The highest BCUT2D eigenvalue weighted by Crippen LogP contribution is 2.18. The summed E-state index contributed by atoms with van der Waals surface area (Å²) in [4.78, 5) is 0. The summed E-state index contributed by atoms with van der Waals surface area (Å²) in [7, 11) is 0. The molecule has 2 heteroatoms. The Kier molecular flexibility index (Phi) is 1.92. The molecule has 0 radical (unpaired) electrons. The van der Waals surface area contributed by atoms with E-state index in [9.17, 15) is 0 Å². The highest BCUT2D eigenvalue weighted by Gasteiger charge is 2.06. The van der Waals surface area contributed by atoms with E-state index in [1.54, 1.807) is 0 Å². The van der Waals surface area contributed by atoms with Crippen LogP contribution in [0.3, 0.4) is 0 Å². The third-order valence-electron chi connectivity index (χ3n) is 1.40. The summed E-state index contributed by atoms with van der Waals surface area (Å²) in [5, 5.41) is 0.978. The van der Waals surface area contributed by atoms with E-state index < -0.39 is 0 Å². The van der Waals surface area contributed by atoms with Crippen molar-refractivity contribution in [2.24, 2.45) is 5.73 Å². The van der Waals surface area contributed by atoms with E-state index in [1.807, 2.05) is 6.08 Å². The molecule has 1 aliphatic rings. The van der Waals surface area contributed by atoms with Crippen LogP contribution in [-0.4, -0.2) is 6.04 Å². The van der Waals surface area contributed by atoms with Gasteiger partial charge in [0, 0.05) is 11.1 Å². The summed E-state index contributed by atoms with van der Waals surface area (Å²) >= 11 is 5.69. The van der Waals surface area contributed by atoms with Crippen molar-refractivity contribution in [3.8, 4) is 0 Å². The summed E-state index contributed by atoms with van der Waals surface area (Å²) in [6.07, 6.45) is 4.99. The summed E-state index contributed by atoms with van der Waals surface area (Å²) in [6, 6.07) is 0.359. The first-order chi connectivity index (χ1) is 3.79. The van der Waals surface area contributed by atoms with E-state index in [2.05, 4.69) is 0 Å². The van der Waals surface area contributed by atoms with Crippen molar-refractivity contribution in [2.45, 2.75) is 25.3 Å². The van der Waals surface area contributed by atoms with Crippen molar-refractivity contribution >= 4 is 11.6 Å². The molecule has 0 aromatic carbocycles. The third-order valence-corrected chi connectivity index (χ3v) is 1.74. The van der Waals surface area contributed by atoms with Crippen molar-refractivity contribution in [3.63, 3.8) is 0 Å². The van der Waals surface area contributed by atoms with E-state index in [0.29, 0.717) is 6.04 Å². The second kappa shape index (κ2) is 2.51. The molecule has 0 saturated carbocycles. The fraction of sp³-hybridized carbons (Fsp3) is 0.667. The Bertz CT molecular complexity index is 109. The van der Waals surface area contributed by atoms with Crippen LogP contribution in [0.2, 0.25) is 0 Å². The van der Waals surface area contributed by atoms with E-state index in [1.165, 1.54) is 0 Å². The van der Waals surface area contributed by atoms with Crippen LogP contribution in [0.1, 0.15) is 19.3 Å². The minimum absolute atomic E-state index is 0.359. The largest absolute Gasteiger partial charge is 0.327 e. The zero-order chi connectivity index (χ0) is 5.98. The lowest BCUT2D eigenvalue weighted by Gasteiger charge is -2.13. The van der Waals surface area contributed by atoms with Gasteiger partial charge in [0.25, 0.3) is 0 Å². The van der Waals surface area contributed by atoms with Crippen LogP contribution >= 0.6 is 11.6 Å². The fourth-order valence-corrected chi connectivity index (χ4v) is 1.02. The van der Waals surface area contributed by atoms with Crippen LogP contribution in [0, 0.1) is 0 Å². The minimum atomic E-state index is 0.359. The molecule has 0 fully saturated rings. The van der Waals surface area contributed by atoms with Gasteiger partial charge < -0.3 is 5.73 Å². The zero-order valence-electron chi connectivity index (χ0n) is 4.73. The third kappa shape index (κ3) is 1.49. The highest BCUT2D eigenvalue weighted by atomic mass is 35.5. The molecule has 0 aromatic rings. The average molecular weight is 132 g/mol. The van der Waals surface area contributed by atoms with Gasteiger partial charge in [0.2, 0.25) is 0 Å². The molecule has 0 spiro atoms. The van der Waals surface area contributed by atoms with Gasteiger partial charge in [0.15, 0.2) is 0 Å². The van der Waals surface area contributed by atoms with Crippen molar-refractivity contribution in [3.05, 3.63) is 11.1 Å². The second-order valence-corrected chi connectivity index (χ2v) is 2.67. The number of hydrogen-bond donors (Lipinski definition) is 1. The van der Waals surface area contributed by atoms with E-state index in [-0.39, 0.29) is 0 Å². The summed E-state index contributed by atoms with van der Waals surface area (Å²) in [5.74, 6) is 0. The van der Waals surface area contributed by atoms with Crippen molar-refractivity contribution in [2.75, 3.05) is 0 Å². The Morgan fingerprint density at radius 3 is 2.88 bits per heavy atom. The highest BCUT2D eigenvalue weighted by molar-refractivity contribution is 6.29. The van der Waals surface area contributed by atoms with Crippen LogP contribution in [0.25, 0.3) is 0 Å². The molecule has 0 heterocycles. The molecule has 0 aromatic heterocycles. The Morgan fingerprint density at radius 2 is 2.50 bits per heavy atom. The molecule has 0 aliphatic heterocycles. The summed E-state index contributed by atoms with van der Waals surface area (Å²) in [5.41, 5.74) is 5.59. The first-order valence-electron chi connectivity index (χ1n) is 2.89. The topological polar surface area (TPSA) is 26.0 Å². The maximum absolute atomic E-state index is 5.69. The smallest absolute Gasteiger partial charge is 0.0142 e. The first kappa shape index (κ1) is 6.12. The fourth-order valence-electron chi connectivity index (χ4n) is 0.822. The van der Waals surface area contributed by atoms with Crippen LogP contribution in [0.5, 0.6) is 0 Å². The van der Waals surface area contributed by atoms with E-state index in [4.69, 9.17) is 17.3 Å². The lowest BCUT2D eigenvalue weighted by Crippen LogP contribution is -2.20. The molecule has 1 aliphatic carbocycles.